The van der Waals surface area contributed by atoms with Gasteiger partial charge in [0.25, 0.3) is 0 Å². The molecule has 1 aromatic heterocycles. The van der Waals surface area contributed by atoms with Crippen molar-refractivity contribution < 1.29 is 9.13 Å². The summed E-state index contributed by atoms with van der Waals surface area (Å²) in [5.74, 6) is 0.326. The fourth-order valence-electron chi connectivity index (χ4n) is 1.20. The van der Waals surface area contributed by atoms with Crippen LogP contribution in [0.25, 0.3) is 0 Å². The van der Waals surface area contributed by atoms with E-state index in [0.717, 1.165) is 0 Å². The molecule has 0 radical (unpaired) electrons. The van der Waals surface area contributed by atoms with E-state index in [4.69, 9.17) is 4.74 Å². The number of ether oxygens (including phenoxy) is 1. The molecule has 0 fully saturated rings. The summed E-state index contributed by atoms with van der Waals surface area (Å²) in [6.07, 6.45) is 1.21. The molecule has 0 saturated heterocycles. The lowest BCUT2D eigenvalue weighted by Crippen LogP contribution is -2.26. The Labute approximate surface area is 89.7 Å². The molecule has 0 bridgehead atoms. The first-order valence-electron chi connectivity index (χ1n) is 4.84. The van der Waals surface area contributed by atoms with Crippen LogP contribution in [0.5, 0.6) is 0 Å². The Hall–Kier alpha value is -1.16. The highest BCUT2D eigenvalue weighted by Gasteiger charge is 2.11. The largest absolute Gasteiger partial charge is 0.380 e. The molecule has 1 rings (SSSR count). The van der Waals surface area contributed by atoms with E-state index in [1.165, 1.54) is 13.3 Å². The van der Waals surface area contributed by atoms with Crippen LogP contribution in [0, 0.1) is 5.82 Å². The number of methoxy groups -OCH3 is 1. The van der Waals surface area contributed by atoms with Gasteiger partial charge in [0.05, 0.1) is 12.8 Å². The Morgan fingerprint density at radius 3 is 2.67 bits per heavy atom. The van der Waals surface area contributed by atoms with Crippen LogP contribution in [0.1, 0.15) is 26.3 Å². The molecule has 4 heteroatoms. The summed E-state index contributed by atoms with van der Waals surface area (Å²) in [4.78, 5) is 3.96. The highest BCUT2D eigenvalue weighted by molar-refractivity contribution is 5.39. The second kappa shape index (κ2) is 4.57. The lowest BCUT2D eigenvalue weighted by atomic mass is 10.1. The number of aromatic nitrogens is 1. The van der Waals surface area contributed by atoms with Crippen LogP contribution >= 0.6 is 0 Å². The van der Waals surface area contributed by atoms with E-state index in [-0.39, 0.29) is 18.0 Å². The van der Waals surface area contributed by atoms with Gasteiger partial charge in [-0.1, -0.05) is 0 Å². The third kappa shape index (κ3) is 3.83. The molecule has 1 aromatic rings. The van der Waals surface area contributed by atoms with E-state index in [1.54, 1.807) is 6.07 Å². The number of rotatable bonds is 3. The van der Waals surface area contributed by atoms with Crippen molar-refractivity contribution in [3.05, 3.63) is 23.6 Å². The number of nitrogens with zero attached hydrogens (tertiary/aromatic N) is 1. The molecule has 84 valence electrons. The summed E-state index contributed by atoms with van der Waals surface area (Å²) >= 11 is 0. The van der Waals surface area contributed by atoms with E-state index in [2.05, 4.69) is 10.3 Å². The Morgan fingerprint density at radius 1 is 1.47 bits per heavy atom. The molecule has 0 aliphatic rings. The van der Waals surface area contributed by atoms with Crippen LogP contribution < -0.4 is 5.32 Å². The summed E-state index contributed by atoms with van der Waals surface area (Å²) < 4.78 is 18.1. The average molecular weight is 212 g/mol. The minimum absolute atomic E-state index is 0.0881. The molecule has 0 atom stereocenters. The molecule has 0 aliphatic heterocycles. The molecule has 3 nitrogen and oxygen atoms in total. The Balaban J connectivity index is 2.87. The molecule has 0 aromatic carbocycles. The van der Waals surface area contributed by atoms with Crippen LogP contribution in [0.4, 0.5) is 10.2 Å². The van der Waals surface area contributed by atoms with E-state index in [1.807, 2.05) is 20.8 Å². The summed E-state index contributed by atoms with van der Waals surface area (Å²) in [7, 11) is 1.54. The van der Waals surface area contributed by atoms with Gasteiger partial charge in [0.15, 0.2) is 0 Å². The van der Waals surface area contributed by atoms with E-state index in [9.17, 15) is 4.39 Å². The topological polar surface area (TPSA) is 34.1 Å². The number of anilines is 1. The molecule has 1 N–H and O–H groups in total. The second-order valence-corrected chi connectivity index (χ2v) is 4.47. The summed E-state index contributed by atoms with van der Waals surface area (Å²) in [6, 6.07) is 1.67. The third-order valence-electron chi connectivity index (χ3n) is 1.74. The van der Waals surface area contributed by atoms with E-state index < -0.39 is 0 Å². The quantitative estimate of drug-likeness (QED) is 0.836. The minimum atomic E-state index is -0.337. The van der Waals surface area contributed by atoms with E-state index >= 15 is 0 Å². The minimum Gasteiger partial charge on any atom is -0.380 e. The van der Waals surface area contributed by atoms with Gasteiger partial charge < -0.3 is 10.1 Å². The molecule has 0 amide bonds. The summed E-state index contributed by atoms with van der Waals surface area (Å²) in [6.45, 7) is 6.32. The first kappa shape index (κ1) is 11.9. The monoisotopic (exact) mass is 212 g/mol. The van der Waals surface area contributed by atoms with Crippen LogP contribution in [0.2, 0.25) is 0 Å². The number of pyridine rings is 1. The Bertz CT molecular complexity index is 334. The van der Waals surface area contributed by atoms with Crippen molar-refractivity contribution in [2.75, 3.05) is 12.4 Å². The first-order chi connectivity index (χ1) is 6.92. The van der Waals surface area contributed by atoms with Crippen LogP contribution in [0.3, 0.4) is 0 Å². The normalized spacial score (nSPS) is 11.5. The molecule has 0 spiro atoms. The summed E-state index contributed by atoms with van der Waals surface area (Å²) in [5, 5.41) is 3.17. The zero-order valence-corrected chi connectivity index (χ0v) is 9.60. The van der Waals surface area contributed by atoms with Crippen LogP contribution in [-0.2, 0) is 11.3 Å². The highest BCUT2D eigenvalue weighted by Crippen LogP contribution is 2.16. The maximum absolute atomic E-state index is 13.2. The van der Waals surface area contributed by atoms with Crippen molar-refractivity contribution in [2.24, 2.45) is 0 Å². The van der Waals surface area contributed by atoms with Crippen molar-refractivity contribution in [1.29, 1.82) is 0 Å². The summed E-state index contributed by atoms with van der Waals surface area (Å²) in [5.41, 5.74) is 0.425. The zero-order chi connectivity index (χ0) is 11.5. The SMILES string of the molecule is COCc1cc(NC(C)(C)C)ncc1F. The van der Waals surface area contributed by atoms with Gasteiger partial charge in [0.1, 0.15) is 11.6 Å². The predicted molar refractivity (Wildman–Crippen MR) is 58.3 cm³/mol. The van der Waals surface area contributed by atoms with Gasteiger partial charge in [-0.3, -0.25) is 0 Å². The van der Waals surface area contributed by atoms with Gasteiger partial charge in [0, 0.05) is 18.2 Å². The molecule has 1 heterocycles. The maximum atomic E-state index is 13.2. The number of hydrogen-bond acceptors (Lipinski definition) is 3. The fraction of sp³-hybridized carbons (Fsp3) is 0.545. The van der Waals surface area contributed by atoms with Crippen molar-refractivity contribution in [3.8, 4) is 0 Å². The van der Waals surface area contributed by atoms with Crippen LogP contribution in [-0.4, -0.2) is 17.6 Å². The molecule has 0 aliphatic carbocycles. The van der Waals surface area contributed by atoms with Crippen molar-refractivity contribution >= 4 is 5.82 Å². The number of hydrogen-bond donors (Lipinski definition) is 1. The molecule has 0 unspecified atom stereocenters. The van der Waals surface area contributed by atoms with Gasteiger partial charge in [-0.25, -0.2) is 9.37 Å². The maximum Gasteiger partial charge on any atom is 0.147 e. The first-order valence-corrected chi connectivity index (χ1v) is 4.84. The Kier molecular flexibility index (Phi) is 3.63. The molecule has 0 saturated carbocycles. The predicted octanol–water partition coefficient (Wildman–Crippen LogP) is 2.58. The molecular weight excluding hydrogens is 195 g/mol. The van der Waals surface area contributed by atoms with Gasteiger partial charge in [-0.2, -0.15) is 0 Å². The van der Waals surface area contributed by atoms with Gasteiger partial charge in [-0.05, 0) is 26.8 Å². The fourth-order valence-corrected chi connectivity index (χ4v) is 1.20. The van der Waals surface area contributed by atoms with Gasteiger partial charge in [-0.15, -0.1) is 0 Å². The van der Waals surface area contributed by atoms with Gasteiger partial charge in [0.2, 0.25) is 0 Å². The lowest BCUT2D eigenvalue weighted by molar-refractivity contribution is 0.181. The molecule has 15 heavy (non-hydrogen) atoms. The zero-order valence-electron chi connectivity index (χ0n) is 9.60. The molecular formula is C11H17FN2O. The van der Waals surface area contributed by atoms with Crippen LogP contribution in [0.15, 0.2) is 12.3 Å². The second-order valence-electron chi connectivity index (χ2n) is 4.47. The van der Waals surface area contributed by atoms with Gasteiger partial charge >= 0.3 is 0 Å². The van der Waals surface area contributed by atoms with E-state index in [0.29, 0.717) is 11.4 Å². The third-order valence-corrected chi connectivity index (χ3v) is 1.74. The Morgan fingerprint density at radius 2 is 2.13 bits per heavy atom. The lowest BCUT2D eigenvalue weighted by Gasteiger charge is -2.21. The average Bonchev–Trinajstić information content (AvgIpc) is 2.09. The smallest absolute Gasteiger partial charge is 0.147 e. The van der Waals surface area contributed by atoms with Crippen molar-refractivity contribution in [3.63, 3.8) is 0 Å². The van der Waals surface area contributed by atoms with Crippen molar-refractivity contribution in [1.82, 2.24) is 4.98 Å². The van der Waals surface area contributed by atoms with Crippen molar-refractivity contribution in [2.45, 2.75) is 32.9 Å². The number of nitrogens with one attached hydrogen (secondary N) is 1. The number of halogens is 1. The highest BCUT2D eigenvalue weighted by atomic mass is 19.1. The standard InChI is InChI=1S/C11H17FN2O/c1-11(2,3)14-10-5-8(7-15-4)9(12)6-13-10/h5-6H,7H2,1-4H3,(H,13,14).